The van der Waals surface area contributed by atoms with Crippen molar-refractivity contribution in [2.45, 2.75) is 13.8 Å². The van der Waals surface area contributed by atoms with Crippen molar-refractivity contribution in [2.24, 2.45) is 5.92 Å². The van der Waals surface area contributed by atoms with Crippen LogP contribution in [0.15, 0.2) is 48.7 Å². The minimum Gasteiger partial charge on any atom is -0.350 e. The molecule has 0 saturated heterocycles. The van der Waals surface area contributed by atoms with Gasteiger partial charge in [0.05, 0.1) is 0 Å². The van der Waals surface area contributed by atoms with Gasteiger partial charge in [-0.25, -0.2) is 9.50 Å². The summed E-state index contributed by atoms with van der Waals surface area (Å²) in [4.78, 5) is 16.5. The fourth-order valence-electron chi connectivity index (χ4n) is 2.11. The van der Waals surface area contributed by atoms with Gasteiger partial charge in [0.1, 0.15) is 5.69 Å². The molecule has 5 nitrogen and oxygen atoms in total. The van der Waals surface area contributed by atoms with E-state index in [0.29, 0.717) is 29.5 Å². The predicted molar refractivity (Wildman–Crippen MR) is 92.6 cm³/mol. The Bertz CT molecular complexity index is 917. The monoisotopic (exact) mass is 318 g/mol. The van der Waals surface area contributed by atoms with Gasteiger partial charge in [-0.05, 0) is 30.0 Å². The van der Waals surface area contributed by atoms with Crippen molar-refractivity contribution in [3.05, 3.63) is 65.6 Å². The van der Waals surface area contributed by atoms with Gasteiger partial charge in [0, 0.05) is 24.4 Å². The lowest BCUT2D eigenvalue weighted by molar-refractivity contribution is 0.0943. The van der Waals surface area contributed by atoms with E-state index in [1.807, 2.05) is 44.2 Å². The summed E-state index contributed by atoms with van der Waals surface area (Å²) in [6.07, 6.45) is 1.76. The quantitative estimate of drug-likeness (QED) is 0.755. The van der Waals surface area contributed by atoms with Gasteiger partial charge in [-0.2, -0.15) is 5.10 Å². The molecule has 1 amide bonds. The van der Waals surface area contributed by atoms with E-state index in [0.717, 1.165) is 5.56 Å². The highest BCUT2D eigenvalue weighted by Gasteiger charge is 2.11. The molecule has 3 rings (SSSR count). The Balaban J connectivity index is 1.82. The first-order chi connectivity index (χ1) is 11.6. The topological polar surface area (TPSA) is 59.3 Å². The average molecular weight is 318 g/mol. The van der Waals surface area contributed by atoms with Gasteiger partial charge in [0.25, 0.3) is 5.91 Å². The predicted octanol–water partition coefficient (Wildman–Crippen LogP) is 2.51. The third kappa shape index (κ3) is 3.79. The number of benzene rings is 1. The third-order valence-electron chi connectivity index (χ3n) is 3.34. The molecule has 0 aliphatic rings. The first-order valence-electron chi connectivity index (χ1n) is 7.83. The van der Waals surface area contributed by atoms with E-state index in [1.165, 1.54) is 0 Å². The number of nitrogens with zero attached hydrogens (tertiary/aromatic N) is 3. The third-order valence-corrected chi connectivity index (χ3v) is 3.34. The molecule has 0 aliphatic carbocycles. The normalized spacial score (nSPS) is 10.5. The van der Waals surface area contributed by atoms with Crippen LogP contribution in [0.3, 0.4) is 0 Å². The van der Waals surface area contributed by atoms with Gasteiger partial charge in [-0.15, -0.1) is 0 Å². The maximum absolute atomic E-state index is 12.1. The molecule has 0 unspecified atom stereocenters. The van der Waals surface area contributed by atoms with Crippen LogP contribution >= 0.6 is 0 Å². The second-order valence-corrected chi connectivity index (χ2v) is 5.87. The van der Waals surface area contributed by atoms with E-state index in [-0.39, 0.29) is 5.91 Å². The number of amides is 1. The number of aromatic nitrogens is 3. The molecule has 120 valence electrons. The smallest absolute Gasteiger partial charge is 0.271 e. The first-order valence-corrected chi connectivity index (χ1v) is 7.83. The van der Waals surface area contributed by atoms with Crippen molar-refractivity contribution < 1.29 is 4.79 Å². The zero-order valence-electron chi connectivity index (χ0n) is 13.7. The fourth-order valence-corrected chi connectivity index (χ4v) is 2.11. The minimum atomic E-state index is -0.189. The van der Waals surface area contributed by atoms with Gasteiger partial charge >= 0.3 is 0 Å². The van der Waals surface area contributed by atoms with E-state index in [1.54, 1.807) is 22.8 Å². The Morgan fingerprint density at radius 1 is 1.21 bits per heavy atom. The molecule has 0 bridgehead atoms. The lowest BCUT2D eigenvalue weighted by atomic mass is 10.2. The van der Waals surface area contributed by atoms with Crippen LogP contribution in [-0.4, -0.2) is 27.0 Å². The van der Waals surface area contributed by atoms with E-state index in [2.05, 4.69) is 27.2 Å². The van der Waals surface area contributed by atoms with Crippen LogP contribution in [0.2, 0.25) is 0 Å². The molecular formula is C19H18N4O. The molecule has 0 atom stereocenters. The molecule has 0 radical (unpaired) electrons. The van der Waals surface area contributed by atoms with Crippen LogP contribution < -0.4 is 5.32 Å². The van der Waals surface area contributed by atoms with Gasteiger partial charge < -0.3 is 5.32 Å². The molecule has 0 aliphatic heterocycles. The zero-order valence-corrected chi connectivity index (χ0v) is 13.7. The van der Waals surface area contributed by atoms with Crippen LogP contribution in [-0.2, 0) is 0 Å². The summed E-state index contributed by atoms with van der Waals surface area (Å²) in [5.74, 6) is 6.30. The molecule has 24 heavy (non-hydrogen) atoms. The Kier molecular flexibility index (Phi) is 4.57. The van der Waals surface area contributed by atoms with Crippen LogP contribution in [0.5, 0.6) is 0 Å². The largest absolute Gasteiger partial charge is 0.350 e. The molecule has 0 fully saturated rings. The number of hydrogen-bond acceptors (Lipinski definition) is 3. The Morgan fingerprint density at radius 2 is 2.00 bits per heavy atom. The molecule has 5 heteroatoms. The highest BCUT2D eigenvalue weighted by Crippen LogP contribution is 2.06. The second-order valence-electron chi connectivity index (χ2n) is 5.87. The lowest BCUT2D eigenvalue weighted by Gasteiger charge is -2.04. The molecule has 1 aromatic carbocycles. The average Bonchev–Trinajstić information content (AvgIpc) is 3.02. The van der Waals surface area contributed by atoms with Gasteiger partial charge in [-0.1, -0.05) is 38.0 Å². The molecule has 0 saturated carbocycles. The number of fused-ring (bicyclic) bond motifs is 1. The first kappa shape index (κ1) is 15.8. The number of nitrogens with one attached hydrogen (secondary N) is 1. The minimum absolute atomic E-state index is 0.189. The SMILES string of the molecule is CC(C)CNC(=O)c1cc2nc(C#Cc3ccccc3)ccn2n1. The van der Waals surface area contributed by atoms with Crippen molar-refractivity contribution in [1.82, 2.24) is 19.9 Å². The molecule has 0 spiro atoms. The maximum atomic E-state index is 12.1. The van der Waals surface area contributed by atoms with Crippen LogP contribution in [0.25, 0.3) is 5.65 Å². The molecular weight excluding hydrogens is 300 g/mol. The molecule has 1 N–H and O–H groups in total. The summed E-state index contributed by atoms with van der Waals surface area (Å²) in [7, 11) is 0. The lowest BCUT2D eigenvalue weighted by Crippen LogP contribution is -2.27. The van der Waals surface area contributed by atoms with Crippen molar-refractivity contribution in [1.29, 1.82) is 0 Å². The molecule has 3 aromatic rings. The van der Waals surface area contributed by atoms with E-state index < -0.39 is 0 Å². The Labute approximate surface area is 140 Å². The van der Waals surface area contributed by atoms with Crippen molar-refractivity contribution in [3.8, 4) is 11.8 Å². The molecule has 2 aromatic heterocycles. The number of rotatable bonds is 3. The van der Waals surface area contributed by atoms with E-state index in [4.69, 9.17) is 0 Å². The number of carbonyl (C=O) groups is 1. The van der Waals surface area contributed by atoms with Crippen molar-refractivity contribution in [2.75, 3.05) is 6.54 Å². The summed E-state index contributed by atoms with van der Waals surface area (Å²) in [5.41, 5.74) is 2.53. The van der Waals surface area contributed by atoms with Crippen LogP contribution in [0.4, 0.5) is 0 Å². The van der Waals surface area contributed by atoms with Crippen molar-refractivity contribution in [3.63, 3.8) is 0 Å². The van der Waals surface area contributed by atoms with Gasteiger partial charge in [0.15, 0.2) is 11.3 Å². The second kappa shape index (κ2) is 6.97. The maximum Gasteiger partial charge on any atom is 0.271 e. The van der Waals surface area contributed by atoms with Crippen LogP contribution in [0.1, 0.15) is 35.6 Å². The standard InChI is InChI=1S/C19H18N4O/c1-14(2)13-20-19(24)17-12-18-21-16(10-11-23(18)22-17)9-8-15-6-4-3-5-7-15/h3-7,10-12,14H,13H2,1-2H3,(H,20,24). The highest BCUT2D eigenvalue weighted by atomic mass is 16.1. The molecule has 2 heterocycles. The fraction of sp³-hybridized carbons (Fsp3) is 0.211. The summed E-state index contributed by atoms with van der Waals surface area (Å²) in [5, 5.41) is 7.09. The van der Waals surface area contributed by atoms with Gasteiger partial charge in [-0.3, -0.25) is 4.79 Å². The van der Waals surface area contributed by atoms with Crippen molar-refractivity contribution >= 4 is 11.6 Å². The van der Waals surface area contributed by atoms with E-state index in [9.17, 15) is 4.79 Å². The van der Waals surface area contributed by atoms with Gasteiger partial charge in [0.2, 0.25) is 0 Å². The van der Waals surface area contributed by atoms with E-state index >= 15 is 0 Å². The van der Waals surface area contributed by atoms with Crippen LogP contribution in [0, 0.1) is 17.8 Å². The summed E-state index contributed by atoms with van der Waals surface area (Å²) < 4.78 is 1.58. The zero-order chi connectivity index (χ0) is 16.9. The Morgan fingerprint density at radius 3 is 2.75 bits per heavy atom. The number of carbonyl (C=O) groups excluding carboxylic acids is 1. The number of hydrogen-bond donors (Lipinski definition) is 1. The Hall–Kier alpha value is -3.13. The summed E-state index contributed by atoms with van der Waals surface area (Å²) in [6.45, 7) is 4.71. The highest BCUT2D eigenvalue weighted by molar-refractivity contribution is 5.93. The summed E-state index contributed by atoms with van der Waals surface area (Å²) >= 11 is 0. The summed E-state index contributed by atoms with van der Waals surface area (Å²) in [6, 6.07) is 13.2.